The molecule has 5 heteroatoms. The zero-order valence-corrected chi connectivity index (χ0v) is 10.6. The molecule has 0 spiro atoms. The molecule has 0 radical (unpaired) electrons. The van der Waals surface area contributed by atoms with Crippen molar-refractivity contribution in [2.75, 3.05) is 13.7 Å². The summed E-state index contributed by atoms with van der Waals surface area (Å²) in [4.78, 5) is 4.07. The van der Waals surface area contributed by atoms with Crippen LogP contribution in [0.2, 0.25) is 0 Å². The standard InChI is InChI=1S/C11H22N4O/c1-9(7-11(2,3)16-4)12-6-5-10-13-8-14-15-10/h8-9,12H,5-7H2,1-4H3,(H,13,14,15). The zero-order chi connectivity index (χ0) is 12.0. The van der Waals surface area contributed by atoms with Crippen LogP contribution in [0.3, 0.4) is 0 Å². The molecule has 1 aromatic heterocycles. The molecule has 1 atom stereocenters. The number of aromatic amines is 1. The number of nitrogens with zero attached hydrogens (tertiary/aromatic N) is 2. The minimum absolute atomic E-state index is 0.0708. The molecule has 1 heterocycles. The van der Waals surface area contributed by atoms with E-state index in [1.165, 1.54) is 6.33 Å². The van der Waals surface area contributed by atoms with Gasteiger partial charge in [0.2, 0.25) is 0 Å². The van der Waals surface area contributed by atoms with Crippen molar-refractivity contribution in [3.63, 3.8) is 0 Å². The van der Waals surface area contributed by atoms with Crippen LogP contribution in [0, 0.1) is 0 Å². The van der Waals surface area contributed by atoms with Crippen LogP contribution in [0.1, 0.15) is 33.0 Å². The molecule has 16 heavy (non-hydrogen) atoms. The van der Waals surface area contributed by atoms with Crippen LogP contribution >= 0.6 is 0 Å². The predicted molar refractivity (Wildman–Crippen MR) is 63.3 cm³/mol. The lowest BCUT2D eigenvalue weighted by molar-refractivity contribution is 0.00864. The monoisotopic (exact) mass is 226 g/mol. The van der Waals surface area contributed by atoms with Crippen LogP contribution in [0.5, 0.6) is 0 Å². The summed E-state index contributed by atoms with van der Waals surface area (Å²) in [6, 6.07) is 0.429. The Labute approximate surface area is 97.0 Å². The number of methoxy groups -OCH3 is 1. The van der Waals surface area contributed by atoms with Gasteiger partial charge in [0, 0.05) is 26.1 Å². The van der Waals surface area contributed by atoms with Crippen LogP contribution < -0.4 is 5.32 Å². The highest BCUT2D eigenvalue weighted by molar-refractivity contribution is 4.82. The molecule has 0 amide bonds. The van der Waals surface area contributed by atoms with E-state index in [2.05, 4.69) is 41.3 Å². The SMILES string of the molecule is COC(C)(C)CC(C)NCCc1ncn[nH]1. The first kappa shape index (κ1) is 13.1. The third kappa shape index (κ3) is 4.72. The van der Waals surface area contributed by atoms with Gasteiger partial charge >= 0.3 is 0 Å². The highest BCUT2D eigenvalue weighted by Crippen LogP contribution is 2.15. The first-order valence-electron chi connectivity index (χ1n) is 5.66. The van der Waals surface area contributed by atoms with Gasteiger partial charge in [-0.3, -0.25) is 5.10 Å². The van der Waals surface area contributed by atoms with Crippen molar-refractivity contribution in [3.05, 3.63) is 12.2 Å². The number of aromatic nitrogens is 3. The number of hydrogen-bond donors (Lipinski definition) is 2. The van der Waals surface area contributed by atoms with Gasteiger partial charge in [-0.1, -0.05) is 0 Å². The second-order valence-electron chi connectivity index (χ2n) is 4.71. The molecule has 0 aliphatic carbocycles. The van der Waals surface area contributed by atoms with E-state index < -0.39 is 0 Å². The Bertz CT molecular complexity index is 284. The summed E-state index contributed by atoms with van der Waals surface area (Å²) in [5.41, 5.74) is -0.0708. The van der Waals surface area contributed by atoms with Crippen molar-refractivity contribution in [2.24, 2.45) is 0 Å². The number of H-pyrrole nitrogens is 1. The maximum atomic E-state index is 5.39. The van der Waals surface area contributed by atoms with E-state index in [0.717, 1.165) is 25.2 Å². The molecular formula is C11H22N4O. The first-order valence-corrected chi connectivity index (χ1v) is 5.66. The molecule has 92 valence electrons. The molecule has 0 fully saturated rings. The van der Waals surface area contributed by atoms with Crippen LogP contribution in [-0.2, 0) is 11.2 Å². The molecular weight excluding hydrogens is 204 g/mol. The van der Waals surface area contributed by atoms with Gasteiger partial charge in [-0.25, -0.2) is 4.98 Å². The minimum Gasteiger partial charge on any atom is -0.379 e. The molecule has 0 saturated carbocycles. The number of rotatable bonds is 7. The van der Waals surface area contributed by atoms with Crippen molar-refractivity contribution in [2.45, 2.75) is 45.3 Å². The quantitative estimate of drug-likeness (QED) is 0.732. The highest BCUT2D eigenvalue weighted by Gasteiger charge is 2.19. The van der Waals surface area contributed by atoms with Gasteiger partial charge in [0.25, 0.3) is 0 Å². The van der Waals surface area contributed by atoms with Gasteiger partial charge < -0.3 is 10.1 Å². The average Bonchev–Trinajstić information content (AvgIpc) is 2.70. The topological polar surface area (TPSA) is 62.8 Å². The van der Waals surface area contributed by atoms with Crippen LogP contribution in [0.25, 0.3) is 0 Å². The second kappa shape index (κ2) is 5.96. The Kier molecular flexibility index (Phi) is 4.89. The summed E-state index contributed by atoms with van der Waals surface area (Å²) >= 11 is 0. The zero-order valence-electron chi connectivity index (χ0n) is 10.6. The largest absolute Gasteiger partial charge is 0.379 e. The first-order chi connectivity index (χ1) is 7.53. The Hall–Kier alpha value is -0.940. The smallest absolute Gasteiger partial charge is 0.137 e. The van der Waals surface area contributed by atoms with E-state index in [9.17, 15) is 0 Å². The molecule has 1 aromatic rings. The lowest BCUT2D eigenvalue weighted by Crippen LogP contribution is -2.36. The molecule has 2 N–H and O–H groups in total. The Morgan fingerprint density at radius 3 is 2.88 bits per heavy atom. The van der Waals surface area contributed by atoms with Gasteiger partial charge in [-0.15, -0.1) is 0 Å². The number of ether oxygens (including phenoxy) is 1. The van der Waals surface area contributed by atoms with Crippen LogP contribution in [0.15, 0.2) is 6.33 Å². The molecule has 1 rings (SSSR count). The number of hydrogen-bond acceptors (Lipinski definition) is 4. The van der Waals surface area contributed by atoms with E-state index in [-0.39, 0.29) is 5.60 Å². The normalized spacial score (nSPS) is 14.0. The minimum atomic E-state index is -0.0708. The Morgan fingerprint density at radius 1 is 1.56 bits per heavy atom. The molecule has 0 aliphatic heterocycles. The van der Waals surface area contributed by atoms with Gasteiger partial charge in [0.15, 0.2) is 0 Å². The summed E-state index contributed by atoms with van der Waals surface area (Å²) < 4.78 is 5.39. The average molecular weight is 226 g/mol. The van der Waals surface area contributed by atoms with E-state index in [1.807, 2.05) is 0 Å². The predicted octanol–water partition coefficient (Wildman–Crippen LogP) is 1.14. The summed E-state index contributed by atoms with van der Waals surface area (Å²) in [6.45, 7) is 7.26. The maximum Gasteiger partial charge on any atom is 0.137 e. The van der Waals surface area contributed by atoms with Crippen molar-refractivity contribution in [3.8, 4) is 0 Å². The maximum absolute atomic E-state index is 5.39. The fourth-order valence-electron chi connectivity index (χ4n) is 1.68. The fraction of sp³-hybridized carbons (Fsp3) is 0.818. The Balaban J connectivity index is 2.18. The third-order valence-corrected chi connectivity index (χ3v) is 2.67. The molecule has 5 nitrogen and oxygen atoms in total. The van der Waals surface area contributed by atoms with E-state index in [4.69, 9.17) is 4.74 Å². The van der Waals surface area contributed by atoms with Crippen molar-refractivity contribution in [1.82, 2.24) is 20.5 Å². The lowest BCUT2D eigenvalue weighted by Gasteiger charge is -2.27. The van der Waals surface area contributed by atoms with E-state index in [0.29, 0.717) is 6.04 Å². The van der Waals surface area contributed by atoms with Gasteiger partial charge in [-0.2, -0.15) is 5.10 Å². The molecule has 0 saturated heterocycles. The van der Waals surface area contributed by atoms with Crippen molar-refractivity contribution in [1.29, 1.82) is 0 Å². The summed E-state index contributed by atoms with van der Waals surface area (Å²) in [7, 11) is 1.75. The fourth-order valence-corrected chi connectivity index (χ4v) is 1.68. The molecule has 0 aliphatic rings. The Morgan fingerprint density at radius 2 is 2.31 bits per heavy atom. The van der Waals surface area contributed by atoms with E-state index >= 15 is 0 Å². The lowest BCUT2D eigenvalue weighted by atomic mass is 10.00. The van der Waals surface area contributed by atoms with Gasteiger partial charge in [0.05, 0.1) is 5.60 Å². The third-order valence-electron chi connectivity index (χ3n) is 2.67. The van der Waals surface area contributed by atoms with Gasteiger partial charge in [-0.05, 0) is 27.2 Å². The summed E-state index contributed by atoms with van der Waals surface area (Å²) in [5, 5.41) is 10.1. The van der Waals surface area contributed by atoms with Crippen molar-refractivity contribution < 1.29 is 4.74 Å². The van der Waals surface area contributed by atoms with Crippen molar-refractivity contribution >= 4 is 0 Å². The summed E-state index contributed by atoms with van der Waals surface area (Å²) in [6.07, 6.45) is 3.39. The highest BCUT2D eigenvalue weighted by atomic mass is 16.5. The molecule has 0 aromatic carbocycles. The van der Waals surface area contributed by atoms with Crippen LogP contribution in [-0.4, -0.2) is 40.5 Å². The van der Waals surface area contributed by atoms with E-state index in [1.54, 1.807) is 7.11 Å². The number of nitrogens with one attached hydrogen (secondary N) is 2. The molecule has 1 unspecified atom stereocenters. The summed E-state index contributed by atoms with van der Waals surface area (Å²) in [5.74, 6) is 0.922. The van der Waals surface area contributed by atoms with Gasteiger partial charge in [0.1, 0.15) is 12.2 Å². The molecule has 0 bridgehead atoms. The van der Waals surface area contributed by atoms with Crippen LogP contribution in [0.4, 0.5) is 0 Å². The second-order valence-corrected chi connectivity index (χ2v) is 4.71.